The molecule has 1 N–H and O–H groups in total. The minimum atomic E-state index is 0.313. The molecule has 98 valence electrons. The number of benzene rings is 1. The van der Waals surface area contributed by atoms with Gasteiger partial charge in [-0.05, 0) is 31.5 Å². The third-order valence-corrected chi connectivity index (χ3v) is 2.61. The number of hydrogen-bond acceptors (Lipinski definition) is 3. The predicted molar refractivity (Wildman–Crippen MR) is 73.9 cm³/mol. The molecule has 1 aromatic carbocycles. The van der Waals surface area contributed by atoms with E-state index in [1.54, 1.807) is 7.11 Å². The summed E-state index contributed by atoms with van der Waals surface area (Å²) in [6.45, 7) is 5.43. The van der Waals surface area contributed by atoms with Crippen molar-refractivity contribution in [1.29, 1.82) is 0 Å². The van der Waals surface area contributed by atoms with Gasteiger partial charge in [-0.3, -0.25) is 0 Å². The SMILES string of the molecule is C#CCC(C)NCc1ccc(OC)c(OCC)c1. The van der Waals surface area contributed by atoms with E-state index < -0.39 is 0 Å². The van der Waals surface area contributed by atoms with Crippen molar-refractivity contribution in [2.24, 2.45) is 0 Å². The molecule has 3 heteroatoms. The summed E-state index contributed by atoms with van der Waals surface area (Å²) in [5.74, 6) is 4.19. The summed E-state index contributed by atoms with van der Waals surface area (Å²) in [7, 11) is 1.64. The van der Waals surface area contributed by atoms with E-state index in [0.29, 0.717) is 12.6 Å². The highest BCUT2D eigenvalue weighted by atomic mass is 16.5. The molecule has 1 aromatic rings. The van der Waals surface area contributed by atoms with Gasteiger partial charge < -0.3 is 14.8 Å². The maximum absolute atomic E-state index is 5.54. The lowest BCUT2D eigenvalue weighted by Crippen LogP contribution is -2.24. The second-order valence-electron chi connectivity index (χ2n) is 4.11. The highest BCUT2D eigenvalue weighted by molar-refractivity contribution is 5.42. The molecule has 0 saturated carbocycles. The lowest BCUT2D eigenvalue weighted by atomic mass is 10.1. The molecule has 0 heterocycles. The van der Waals surface area contributed by atoms with Crippen molar-refractivity contribution in [2.45, 2.75) is 32.9 Å². The van der Waals surface area contributed by atoms with Crippen LogP contribution in [-0.2, 0) is 6.54 Å². The van der Waals surface area contributed by atoms with Gasteiger partial charge in [0.05, 0.1) is 13.7 Å². The zero-order valence-electron chi connectivity index (χ0n) is 11.3. The van der Waals surface area contributed by atoms with E-state index in [4.69, 9.17) is 15.9 Å². The summed E-state index contributed by atoms with van der Waals surface area (Å²) >= 11 is 0. The Morgan fingerprint density at radius 1 is 1.39 bits per heavy atom. The Morgan fingerprint density at radius 2 is 2.17 bits per heavy atom. The predicted octanol–water partition coefficient (Wildman–Crippen LogP) is 2.60. The van der Waals surface area contributed by atoms with Crippen LogP contribution in [0.15, 0.2) is 18.2 Å². The van der Waals surface area contributed by atoms with Gasteiger partial charge in [0.2, 0.25) is 0 Å². The molecule has 1 rings (SSSR count). The molecule has 0 fully saturated rings. The van der Waals surface area contributed by atoms with Crippen LogP contribution in [0.1, 0.15) is 25.8 Å². The minimum absolute atomic E-state index is 0.313. The molecule has 0 aromatic heterocycles. The Hall–Kier alpha value is -1.66. The third-order valence-electron chi connectivity index (χ3n) is 2.61. The van der Waals surface area contributed by atoms with Crippen molar-refractivity contribution in [1.82, 2.24) is 5.32 Å². The number of rotatable bonds is 7. The summed E-state index contributed by atoms with van der Waals surface area (Å²) in [6.07, 6.45) is 6.00. The molecule has 1 unspecified atom stereocenters. The van der Waals surface area contributed by atoms with Crippen LogP contribution in [0.4, 0.5) is 0 Å². The molecule has 0 aliphatic carbocycles. The lowest BCUT2D eigenvalue weighted by molar-refractivity contribution is 0.310. The van der Waals surface area contributed by atoms with Gasteiger partial charge in [0.1, 0.15) is 0 Å². The average molecular weight is 247 g/mol. The standard InChI is InChI=1S/C15H21NO2/c1-5-7-12(3)16-11-13-8-9-14(17-4)15(10-13)18-6-2/h1,8-10,12,16H,6-7,11H2,2-4H3. The quantitative estimate of drug-likeness (QED) is 0.751. The first kappa shape index (κ1) is 14.4. The zero-order valence-corrected chi connectivity index (χ0v) is 11.3. The molecule has 0 amide bonds. The van der Waals surface area contributed by atoms with Crippen molar-refractivity contribution in [3.8, 4) is 23.8 Å². The van der Waals surface area contributed by atoms with Crippen molar-refractivity contribution < 1.29 is 9.47 Å². The first-order chi connectivity index (χ1) is 8.71. The smallest absolute Gasteiger partial charge is 0.161 e. The Labute approximate surface area is 109 Å². The number of terminal acetylenes is 1. The number of hydrogen-bond donors (Lipinski definition) is 1. The van der Waals surface area contributed by atoms with Crippen molar-refractivity contribution >= 4 is 0 Å². The maximum Gasteiger partial charge on any atom is 0.161 e. The summed E-state index contributed by atoms with van der Waals surface area (Å²) < 4.78 is 10.8. The van der Waals surface area contributed by atoms with E-state index in [1.807, 2.05) is 25.1 Å². The Kier molecular flexibility index (Phi) is 6.10. The van der Waals surface area contributed by atoms with Gasteiger partial charge in [-0.1, -0.05) is 6.07 Å². The van der Waals surface area contributed by atoms with Crippen LogP contribution in [0.25, 0.3) is 0 Å². The topological polar surface area (TPSA) is 30.5 Å². The Morgan fingerprint density at radius 3 is 2.78 bits per heavy atom. The number of nitrogens with one attached hydrogen (secondary N) is 1. The van der Waals surface area contributed by atoms with E-state index in [1.165, 1.54) is 0 Å². The van der Waals surface area contributed by atoms with E-state index in [0.717, 1.165) is 30.0 Å². The fourth-order valence-corrected chi connectivity index (χ4v) is 1.64. The van der Waals surface area contributed by atoms with Crippen LogP contribution in [0.2, 0.25) is 0 Å². The van der Waals surface area contributed by atoms with Gasteiger partial charge in [0.25, 0.3) is 0 Å². The van der Waals surface area contributed by atoms with E-state index >= 15 is 0 Å². The van der Waals surface area contributed by atoms with Crippen LogP contribution in [0.5, 0.6) is 11.5 Å². The van der Waals surface area contributed by atoms with Crippen molar-refractivity contribution in [3.63, 3.8) is 0 Å². The first-order valence-electron chi connectivity index (χ1n) is 6.17. The minimum Gasteiger partial charge on any atom is -0.493 e. The summed E-state index contributed by atoms with van der Waals surface area (Å²) in [5, 5.41) is 3.37. The van der Waals surface area contributed by atoms with Crippen LogP contribution < -0.4 is 14.8 Å². The highest BCUT2D eigenvalue weighted by Gasteiger charge is 2.06. The van der Waals surface area contributed by atoms with Crippen molar-refractivity contribution in [3.05, 3.63) is 23.8 Å². The lowest BCUT2D eigenvalue weighted by Gasteiger charge is -2.13. The van der Waals surface area contributed by atoms with Crippen LogP contribution in [-0.4, -0.2) is 19.8 Å². The monoisotopic (exact) mass is 247 g/mol. The molecule has 0 spiro atoms. The first-order valence-corrected chi connectivity index (χ1v) is 6.17. The molecular formula is C15H21NO2. The fraction of sp³-hybridized carbons (Fsp3) is 0.467. The second-order valence-corrected chi connectivity index (χ2v) is 4.11. The Balaban J connectivity index is 2.67. The van der Waals surface area contributed by atoms with Crippen LogP contribution in [0.3, 0.4) is 0 Å². The zero-order chi connectivity index (χ0) is 13.4. The van der Waals surface area contributed by atoms with E-state index in [-0.39, 0.29) is 0 Å². The van der Waals surface area contributed by atoms with E-state index in [2.05, 4.69) is 18.2 Å². The second kappa shape index (κ2) is 7.62. The summed E-state index contributed by atoms with van der Waals surface area (Å²) in [5.41, 5.74) is 1.16. The maximum atomic E-state index is 5.54. The van der Waals surface area contributed by atoms with Gasteiger partial charge in [-0.15, -0.1) is 12.3 Å². The largest absolute Gasteiger partial charge is 0.493 e. The molecule has 1 atom stereocenters. The van der Waals surface area contributed by atoms with Gasteiger partial charge in [0, 0.05) is 19.0 Å². The van der Waals surface area contributed by atoms with Gasteiger partial charge in [0.15, 0.2) is 11.5 Å². The molecule has 0 bridgehead atoms. The van der Waals surface area contributed by atoms with E-state index in [9.17, 15) is 0 Å². The van der Waals surface area contributed by atoms with Gasteiger partial charge in [-0.25, -0.2) is 0 Å². The van der Waals surface area contributed by atoms with Crippen LogP contribution in [0, 0.1) is 12.3 Å². The molecule has 0 radical (unpaired) electrons. The molecule has 0 saturated heterocycles. The molecule has 18 heavy (non-hydrogen) atoms. The van der Waals surface area contributed by atoms with Crippen molar-refractivity contribution in [2.75, 3.05) is 13.7 Å². The summed E-state index contributed by atoms with van der Waals surface area (Å²) in [6, 6.07) is 6.26. The Bertz CT molecular complexity index is 409. The fourth-order valence-electron chi connectivity index (χ4n) is 1.64. The molecule has 3 nitrogen and oxygen atoms in total. The normalized spacial score (nSPS) is 11.7. The number of ether oxygens (including phenoxy) is 2. The average Bonchev–Trinajstić information content (AvgIpc) is 2.37. The number of methoxy groups -OCH3 is 1. The highest BCUT2D eigenvalue weighted by Crippen LogP contribution is 2.27. The van der Waals surface area contributed by atoms with Gasteiger partial charge in [-0.2, -0.15) is 0 Å². The van der Waals surface area contributed by atoms with Crippen LogP contribution >= 0.6 is 0 Å². The molecule has 0 aliphatic rings. The van der Waals surface area contributed by atoms with Gasteiger partial charge >= 0.3 is 0 Å². The molecule has 0 aliphatic heterocycles. The third kappa shape index (κ3) is 4.31. The summed E-state index contributed by atoms with van der Waals surface area (Å²) in [4.78, 5) is 0. The molecular weight excluding hydrogens is 226 g/mol.